The van der Waals surface area contributed by atoms with Gasteiger partial charge in [0.1, 0.15) is 17.4 Å². The minimum absolute atomic E-state index is 0.118. The van der Waals surface area contributed by atoms with Gasteiger partial charge in [0.25, 0.3) is 11.6 Å². The highest BCUT2D eigenvalue weighted by molar-refractivity contribution is 7.15. The molecule has 0 radical (unpaired) electrons. The van der Waals surface area contributed by atoms with Gasteiger partial charge in [-0.3, -0.25) is 25.0 Å². The highest BCUT2D eigenvalue weighted by atomic mass is 32.1. The number of nitro groups is 1. The van der Waals surface area contributed by atoms with E-state index in [1.807, 2.05) is 30.3 Å². The molecule has 0 aliphatic carbocycles. The summed E-state index contributed by atoms with van der Waals surface area (Å²) in [5, 5.41) is 25.8. The summed E-state index contributed by atoms with van der Waals surface area (Å²) in [4.78, 5) is 34.9. The number of nitrogens with one attached hydrogen (secondary N) is 2. The van der Waals surface area contributed by atoms with Gasteiger partial charge in [-0.1, -0.05) is 41.7 Å². The van der Waals surface area contributed by atoms with E-state index in [9.17, 15) is 19.7 Å². The number of furan rings is 1. The molecule has 0 spiro atoms. The van der Waals surface area contributed by atoms with Gasteiger partial charge in [-0.25, -0.2) is 5.43 Å². The zero-order valence-electron chi connectivity index (χ0n) is 18.5. The van der Waals surface area contributed by atoms with E-state index in [-0.39, 0.29) is 29.6 Å². The summed E-state index contributed by atoms with van der Waals surface area (Å²) < 4.78 is 10.8. The van der Waals surface area contributed by atoms with E-state index in [4.69, 9.17) is 9.15 Å². The van der Waals surface area contributed by atoms with Gasteiger partial charge in [-0.15, -0.1) is 10.2 Å². The second-order valence-corrected chi connectivity index (χ2v) is 8.22. The van der Waals surface area contributed by atoms with E-state index >= 15 is 0 Å². The Balaban J connectivity index is 1.36. The van der Waals surface area contributed by atoms with Crippen LogP contribution in [0.3, 0.4) is 0 Å². The molecule has 4 rings (SSSR count). The van der Waals surface area contributed by atoms with Gasteiger partial charge in [0.2, 0.25) is 11.0 Å². The number of rotatable bonds is 10. The lowest BCUT2D eigenvalue weighted by atomic mass is 10.2. The lowest BCUT2D eigenvalue weighted by Gasteiger charge is -2.09. The third-order valence-electron chi connectivity index (χ3n) is 4.58. The number of nitro benzene ring substituents is 1. The molecule has 0 unspecified atom stereocenters. The molecule has 0 saturated heterocycles. The molecule has 0 aliphatic rings. The van der Waals surface area contributed by atoms with Crippen LogP contribution >= 0.6 is 11.3 Å². The fourth-order valence-corrected chi connectivity index (χ4v) is 3.64. The number of ether oxygens (including phenoxy) is 1. The topological polar surface area (TPSA) is 162 Å². The number of amides is 2. The van der Waals surface area contributed by atoms with Crippen LogP contribution in [0.2, 0.25) is 0 Å². The van der Waals surface area contributed by atoms with E-state index in [1.54, 1.807) is 6.07 Å². The highest BCUT2D eigenvalue weighted by Crippen LogP contribution is 2.24. The van der Waals surface area contributed by atoms with Crippen molar-refractivity contribution in [1.82, 2.24) is 15.6 Å². The van der Waals surface area contributed by atoms with E-state index in [0.29, 0.717) is 16.3 Å². The Morgan fingerprint density at radius 2 is 1.97 bits per heavy atom. The SMILES string of the molecule is O=C(Cc1nnc(NC(=O)c2ccco2)s1)N/N=C/c1cc([N+](=O)[O-])ccc1OCc1ccccc1. The monoisotopic (exact) mass is 506 g/mol. The molecule has 4 aromatic rings. The fourth-order valence-electron chi connectivity index (χ4n) is 2.91. The lowest BCUT2D eigenvalue weighted by molar-refractivity contribution is -0.384. The van der Waals surface area contributed by atoms with Crippen LogP contribution in [0.4, 0.5) is 10.8 Å². The van der Waals surface area contributed by atoms with Crippen LogP contribution in [-0.4, -0.2) is 33.1 Å². The number of benzene rings is 2. The first-order valence-electron chi connectivity index (χ1n) is 10.4. The zero-order chi connectivity index (χ0) is 25.3. The molecule has 2 amide bonds. The minimum Gasteiger partial charge on any atom is -0.488 e. The summed E-state index contributed by atoms with van der Waals surface area (Å²) in [7, 11) is 0. The maximum Gasteiger partial charge on any atom is 0.293 e. The second-order valence-electron chi connectivity index (χ2n) is 7.16. The molecular weight excluding hydrogens is 488 g/mol. The standard InChI is InChI=1S/C23H18N6O6S/c30-20(12-21-27-28-23(36-21)25-22(31)19-7-4-10-34-19)26-24-13-16-11-17(29(32)33)8-9-18(16)35-14-15-5-2-1-3-6-15/h1-11,13H,12,14H2,(H,26,30)(H,25,28,31)/b24-13+. The van der Waals surface area contributed by atoms with Crippen molar-refractivity contribution in [1.29, 1.82) is 0 Å². The number of nitrogens with zero attached hydrogens (tertiary/aromatic N) is 4. The molecule has 2 aromatic heterocycles. The van der Waals surface area contributed by atoms with Gasteiger partial charge in [0.15, 0.2) is 5.76 Å². The summed E-state index contributed by atoms with van der Waals surface area (Å²) >= 11 is 1.03. The molecule has 0 bridgehead atoms. The summed E-state index contributed by atoms with van der Waals surface area (Å²) in [6.07, 6.45) is 2.50. The van der Waals surface area contributed by atoms with Gasteiger partial charge >= 0.3 is 0 Å². The van der Waals surface area contributed by atoms with Crippen LogP contribution in [0, 0.1) is 10.1 Å². The number of carbonyl (C=O) groups is 2. The molecule has 0 aliphatic heterocycles. The number of hydrazone groups is 1. The first-order chi connectivity index (χ1) is 17.5. The second kappa shape index (κ2) is 11.5. The van der Waals surface area contributed by atoms with Crippen LogP contribution in [0.25, 0.3) is 0 Å². The smallest absolute Gasteiger partial charge is 0.293 e. The Labute approximate surface area is 207 Å². The van der Waals surface area contributed by atoms with Crippen molar-refractivity contribution in [3.63, 3.8) is 0 Å². The van der Waals surface area contributed by atoms with Crippen molar-refractivity contribution in [2.75, 3.05) is 5.32 Å². The molecule has 2 N–H and O–H groups in total. The predicted molar refractivity (Wildman–Crippen MR) is 130 cm³/mol. The first-order valence-corrected chi connectivity index (χ1v) is 11.2. The maximum atomic E-state index is 12.3. The quantitative estimate of drug-likeness (QED) is 0.187. The number of anilines is 1. The Morgan fingerprint density at radius 3 is 2.72 bits per heavy atom. The molecule has 0 fully saturated rings. The average molecular weight is 507 g/mol. The Kier molecular flexibility index (Phi) is 7.73. The largest absolute Gasteiger partial charge is 0.488 e. The molecule has 0 saturated carbocycles. The molecule has 2 aromatic carbocycles. The maximum absolute atomic E-state index is 12.3. The summed E-state index contributed by atoms with van der Waals surface area (Å²) in [5.41, 5.74) is 3.44. The average Bonchev–Trinajstić information content (AvgIpc) is 3.56. The lowest BCUT2D eigenvalue weighted by Crippen LogP contribution is -2.19. The van der Waals surface area contributed by atoms with Gasteiger partial charge in [-0.2, -0.15) is 5.10 Å². The Bertz CT molecular complexity index is 1390. The van der Waals surface area contributed by atoms with Crippen molar-refractivity contribution < 1.29 is 23.7 Å². The number of hydrogen-bond acceptors (Lipinski definition) is 10. The van der Waals surface area contributed by atoms with E-state index < -0.39 is 16.7 Å². The molecule has 36 heavy (non-hydrogen) atoms. The van der Waals surface area contributed by atoms with Gasteiger partial charge < -0.3 is 9.15 Å². The molecular formula is C23H18N6O6S. The third kappa shape index (κ3) is 6.57. The Hall–Kier alpha value is -4.91. The molecule has 2 heterocycles. The molecule has 13 heteroatoms. The van der Waals surface area contributed by atoms with Crippen LogP contribution in [0.15, 0.2) is 76.4 Å². The molecule has 12 nitrogen and oxygen atoms in total. The van der Waals surface area contributed by atoms with Crippen LogP contribution in [0.1, 0.15) is 26.7 Å². The number of carbonyl (C=O) groups excluding carboxylic acids is 2. The van der Waals surface area contributed by atoms with Crippen LogP contribution in [0.5, 0.6) is 5.75 Å². The third-order valence-corrected chi connectivity index (χ3v) is 5.42. The van der Waals surface area contributed by atoms with Crippen LogP contribution in [-0.2, 0) is 17.8 Å². The van der Waals surface area contributed by atoms with Gasteiger partial charge in [0, 0.05) is 17.7 Å². The summed E-state index contributed by atoms with van der Waals surface area (Å²) in [5.74, 6) is -0.502. The summed E-state index contributed by atoms with van der Waals surface area (Å²) in [6.45, 7) is 0.252. The zero-order valence-corrected chi connectivity index (χ0v) is 19.3. The number of non-ortho nitro benzene ring substituents is 1. The fraction of sp³-hybridized carbons (Fsp3) is 0.0870. The van der Waals surface area contributed by atoms with E-state index in [1.165, 1.54) is 36.7 Å². The summed E-state index contributed by atoms with van der Waals surface area (Å²) in [6, 6.07) is 16.6. The molecule has 0 atom stereocenters. The van der Waals surface area contributed by atoms with Crippen molar-refractivity contribution in [2.45, 2.75) is 13.0 Å². The number of aromatic nitrogens is 2. The van der Waals surface area contributed by atoms with Gasteiger partial charge in [0.05, 0.1) is 23.8 Å². The predicted octanol–water partition coefficient (Wildman–Crippen LogP) is 3.56. The first kappa shape index (κ1) is 24.2. The Morgan fingerprint density at radius 1 is 1.14 bits per heavy atom. The van der Waals surface area contributed by atoms with Crippen LogP contribution < -0.4 is 15.5 Å². The highest BCUT2D eigenvalue weighted by Gasteiger charge is 2.14. The number of hydrogen-bond donors (Lipinski definition) is 2. The van der Waals surface area contributed by atoms with E-state index in [2.05, 4.69) is 26.0 Å². The van der Waals surface area contributed by atoms with Gasteiger partial charge in [-0.05, 0) is 23.8 Å². The van der Waals surface area contributed by atoms with Crippen molar-refractivity contribution >= 4 is 40.2 Å². The van der Waals surface area contributed by atoms with Crippen molar-refractivity contribution in [3.05, 3.63) is 98.9 Å². The molecule has 182 valence electrons. The minimum atomic E-state index is -0.533. The van der Waals surface area contributed by atoms with Crippen molar-refractivity contribution in [3.8, 4) is 5.75 Å². The van der Waals surface area contributed by atoms with E-state index in [0.717, 1.165) is 16.9 Å². The normalized spacial score (nSPS) is 10.8. The van der Waals surface area contributed by atoms with Crippen molar-refractivity contribution in [2.24, 2.45) is 5.10 Å².